The molecule has 0 amide bonds. The van der Waals surface area contributed by atoms with E-state index >= 15 is 0 Å². The highest BCUT2D eigenvalue weighted by atomic mass is 16.7. The van der Waals surface area contributed by atoms with Crippen molar-refractivity contribution in [3.05, 3.63) is 23.8 Å². The molecule has 0 aromatic carbocycles. The van der Waals surface area contributed by atoms with Crippen molar-refractivity contribution in [2.24, 2.45) is 17.3 Å². The van der Waals surface area contributed by atoms with Gasteiger partial charge >= 0.3 is 5.97 Å². The van der Waals surface area contributed by atoms with E-state index in [1.165, 1.54) is 6.92 Å². The van der Waals surface area contributed by atoms with Crippen LogP contribution >= 0.6 is 0 Å². The maximum atomic E-state index is 12.4. The fourth-order valence-electron chi connectivity index (χ4n) is 6.61. The van der Waals surface area contributed by atoms with Crippen molar-refractivity contribution < 1.29 is 64.2 Å². The summed E-state index contributed by atoms with van der Waals surface area (Å²) in [6.07, 6.45) is -3.96. The number of aliphatic hydroxyl groups excluding tert-OH is 5. The van der Waals surface area contributed by atoms with Gasteiger partial charge in [0, 0.05) is 17.3 Å². The molecular formula is C26H38O13. The van der Waals surface area contributed by atoms with Crippen molar-refractivity contribution >= 4 is 5.97 Å². The van der Waals surface area contributed by atoms with E-state index in [2.05, 4.69) is 0 Å². The first-order valence-electron chi connectivity index (χ1n) is 13.2. The Bertz CT molecular complexity index is 998. The van der Waals surface area contributed by atoms with Crippen molar-refractivity contribution in [3.63, 3.8) is 0 Å². The average Bonchev–Trinajstić information content (AvgIpc) is 3.32. The van der Waals surface area contributed by atoms with Crippen LogP contribution in [0, 0.1) is 17.3 Å². The molecule has 1 saturated carbocycles. The van der Waals surface area contributed by atoms with E-state index in [9.17, 15) is 40.5 Å². The van der Waals surface area contributed by atoms with Gasteiger partial charge in [0.2, 0.25) is 0 Å². The molecule has 0 aromatic heterocycles. The molecule has 0 aromatic rings. The molecular weight excluding hydrogens is 520 g/mol. The summed E-state index contributed by atoms with van der Waals surface area (Å²) in [5.74, 6) is -1.33. The third-order valence-corrected chi connectivity index (χ3v) is 9.11. The van der Waals surface area contributed by atoms with Crippen molar-refractivity contribution in [1.82, 2.24) is 0 Å². The Balaban J connectivity index is 1.27. The predicted molar refractivity (Wildman–Crippen MR) is 128 cm³/mol. The van der Waals surface area contributed by atoms with Crippen molar-refractivity contribution in [1.29, 1.82) is 0 Å². The summed E-state index contributed by atoms with van der Waals surface area (Å²) in [4.78, 5) is 12.4. The second-order valence-electron chi connectivity index (χ2n) is 11.7. The summed E-state index contributed by atoms with van der Waals surface area (Å²) in [5.41, 5.74) is -3.17. The second kappa shape index (κ2) is 10.4. The minimum Gasteiger partial charge on any atom is -0.459 e. The number of aliphatic hydroxyl groups is 7. The van der Waals surface area contributed by atoms with Crippen LogP contribution in [0.25, 0.3) is 0 Å². The van der Waals surface area contributed by atoms with Crippen LogP contribution in [0.5, 0.6) is 0 Å². The Labute approximate surface area is 225 Å². The number of carbonyl (C=O) groups excluding carboxylic acids is 1. The highest BCUT2D eigenvalue weighted by Gasteiger charge is 2.62. The quantitative estimate of drug-likeness (QED) is 0.161. The van der Waals surface area contributed by atoms with Crippen LogP contribution in [-0.4, -0.2) is 129 Å². The summed E-state index contributed by atoms with van der Waals surface area (Å²) in [6.45, 7) is 1.91. The van der Waals surface area contributed by atoms with Crippen LogP contribution in [0.3, 0.4) is 0 Å². The standard InChI is InChI=1S/C26H38O13/c1-12-4-3-6-25(7-5-13-19(15(12)25)39-23(32)24(13,2)33)10-36-21-18(30)17(29)16(28)14(38-21)8-35-22-20(31)26(34,9-27)11-37-22/h3-4,6,13-22,27-31,33-34H,5,7-11H2,1-2H3. The van der Waals surface area contributed by atoms with Gasteiger partial charge < -0.3 is 59.4 Å². The van der Waals surface area contributed by atoms with Gasteiger partial charge in [0.05, 0.1) is 26.4 Å². The van der Waals surface area contributed by atoms with E-state index in [1.54, 1.807) is 0 Å². The smallest absolute Gasteiger partial charge is 0.338 e. The third kappa shape index (κ3) is 4.77. The monoisotopic (exact) mass is 558 g/mol. The molecule has 13 nitrogen and oxygen atoms in total. The lowest BCUT2D eigenvalue weighted by atomic mass is 9.57. The minimum absolute atomic E-state index is 0.0222. The van der Waals surface area contributed by atoms with Gasteiger partial charge in [0.1, 0.15) is 42.2 Å². The van der Waals surface area contributed by atoms with Gasteiger partial charge in [0.15, 0.2) is 18.2 Å². The van der Waals surface area contributed by atoms with Gasteiger partial charge in [-0.2, -0.15) is 0 Å². The molecule has 4 fully saturated rings. The molecule has 2 aliphatic carbocycles. The summed E-state index contributed by atoms with van der Waals surface area (Å²) in [6, 6.07) is 0. The van der Waals surface area contributed by atoms with Gasteiger partial charge in [0.25, 0.3) is 0 Å². The fourth-order valence-corrected chi connectivity index (χ4v) is 6.61. The first-order chi connectivity index (χ1) is 18.3. The summed E-state index contributed by atoms with van der Waals surface area (Å²) in [7, 11) is 0. The molecule has 3 heterocycles. The van der Waals surface area contributed by atoms with E-state index in [-0.39, 0.29) is 25.0 Å². The summed E-state index contributed by atoms with van der Waals surface area (Å²) < 4.78 is 28.1. The van der Waals surface area contributed by atoms with Crippen LogP contribution in [-0.2, 0) is 28.5 Å². The molecule has 3 aliphatic heterocycles. The van der Waals surface area contributed by atoms with Crippen LogP contribution < -0.4 is 0 Å². The topological polar surface area (TPSA) is 205 Å². The molecule has 0 spiro atoms. The maximum Gasteiger partial charge on any atom is 0.338 e. The molecule has 39 heavy (non-hydrogen) atoms. The Hall–Kier alpha value is -1.49. The van der Waals surface area contributed by atoms with E-state index in [0.29, 0.717) is 12.8 Å². The zero-order chi connectivity index (χ0) is 28.3. The van der Waals surface area contributed by atoms with E-state index in [0.717, 1.165) is 5.57 Å². The number of rotatable bonds is 7. The number of ether oxygens (including phenoxy) is 5. The summed E-state index contributed by atoms with van der Waals surface area (Å²) >= 11 is 0. The number of hydrogen-bond donors (Lipinski definition) is 7. The van der Waals surface area contributed by atoms with Crippen molar-refractivity contribution in [2.75, 3.05) is 26.4 Å². The van der Waals surface area contributed by atoms with Gasteiger partial charge in [-0.15, -0.1) is 0 Å². The molecule has 13 unspecified atom stereocenters. The lowest BCUT2D eigenvalue weighted by molar-refractivity contribution is -0.315. The van der Waals surface area contributed by atoms with Crippen LogP contribution in [0.1, 0.15) is 26.7 Å². The van der Waals surface area contributed by atoms with E-state index in [4.69, 9.17) is 23.7 Å². The second-order valence-corrected chi connectivity index (χ2v) is 11.7. The number of fused-ring (bicyclic) bond motifs is 3. The SMILES string of the molecule is CC1=CC=CC2(COC3OC(COC4OCC(O)(CO)C4O)C(O)C(O)C3O)CCC3C(OC(=O)C3(C)O)C12. The van der Waals surface area contributed by atoms with Gasteiger partial charge in [-0.25, -0.2) is 4.79 Å². The first-order valence-corrected chi connectivity index (χ1v) is 13.2. The lowest BCUT2D eigenvalue weighted by Gasteiger charge is -2.50. The van der Waals surface area contributed by atoms with Gasteiger partial charge in [-0.05, 0) is 26.7 Å². The molecule has 13 heteroatoms. The number of allylic oxidation sites excluding steroid dienone is 2. The Morgan fingerprint density at radius 2 is 1.82 bits per heavy atom. The first kappa shape index (κ1) is 29.0. The van der Waals surface area contributed by atoms with Gasteiger partial charge in [-0.3, -0.25) is 0 Å². The van der Waals surface area contributed by atoms with Crippen LogP contribution in [0.2, 0.25) is 0 Å². The number of hydrogen-bond acceptors (Lipinski definition) is 13. The third-order valence-electron chi connectivity index (χ3n) is 9.11. The predicted octanol–water partition coefficient (Wildman–Crippen LogP) is -2.53. The average molecular weight is 559 g/mol. The maximum absolute atomic E-state index is 12.4. The zero-order valence-corrected chi connectivity index (χ0v) is 21.8. The number of esters is 1. The molecule has 5 rings (SSSR count). The Morgan fingerprint density at radius 3 is 2.51 bits per heavy atom. The lowest BCUT2D eigenvalue weighted by Crippen LogP contribution is -2.60. The van der Waals surface area contributed by atoms with Crippen LogP contribution in [0.4, 0.5) is 0 Å². The minimum atomic E-state index is -1.89. The molecule has 0 radical (unpaired) electrons. The largest absolute Gasteiger partial charge is 0.459 e. The van der Waals surface area contributed by atoms with Crippen LogP contribution in [0.15, 0.2) is 23.8 Å². The van der Waals surface area contributed by atoms with E-state index in [1.807, 2.05) is 25.2 Å². The molecule has 0 bridgehead atoms. The van der Waals surface area contributed by atoms with E-state index < -0.39 is 85.0 Å². The molecule has 220 valence electrons. The highest BCUT2D eigenvalue weighted by Crippen LogP contribution is 2.56. The van der Waals surface area contributed by atoms with Crippen molar-refractivity contribution in [2.45, 2.75) is 87.1 Å². The Kier molecular flexibility index (Phi) is 7.74. The molecule has 13 atom stereocenters. The summed E-state index contributed by atoms with van der Waals surface area (Å²) in [5, 5.41) is 71.9. The number of carbonyl (C=O) groups is 1. The molecule has 7 N–H and O–H groups in total. The molecule has 5 aliphatic rings. The van der Waals surface area contributed by atoms with Gasteiger partial charge in [-0.1, -0.05) is 23.8 Å². The highest BCUT2D eigenvalue weighted by molar-refractivity contribution is 5.82. The molecule has 3 saturated heterocycles. The Morgan fingerprint density at radius 1 is 1.08 bits per heavy atom. The zero-order valence-electron chi connectivity index (χ0n) is 21.8. The normalized spacial score (nSPS) is 51.3. The van der Waals surface area contributed by atoms with Crippen molar-refractivity contribution in [3.8, 4) is 0 Å². The fraction of sp³-hybridized carbons (Fsp3) is 0.808.